The third-order valence-electron chi connectivity index (χ3n) is 5.50. The van der Waals surface area contributed by atoms with E-state index in [1.54, 1.807) is 12.1 Å². The molecule has 1 aromatic rings. The van der Waals surface area contributed by atoms with Crippen molar-refractivity contribution in [3.05, 3.63) is 29.0 Å². The fourth-order valence-corrected chi connectivity index (χ4v) is 4.01. The summed E-state index contributed by atoms with van der Waals surface area (Å²) in [6.07, 6.45) is 4.81. The van der Waals surface area contributed by atoms with Gasteiger partial charge in [0.05, 0.1) is 18.2 Å². The van der Waals surface area contributed by atoms with E-state index in [4.69, 9.17) is 22.1 Å². The lowest BCUT2D eigenvalue weighted by Gasteiger charge is -2.41. The van der Waals surface area contributed by atoms with E-state index < -0.39 is 5.82 Å². The molecule has 5 nitrogen and oxygen atoms in total. The van der Waals surface area contributed by atoms with Gasteiger partial charge in [0.25, 0.3) is 0 Å². The second kappa shape index (κ2) is 8.55. The summed E-state index contributed by atoms with van der Waals surface area (Å²) in [5.41, 5.74) is 6.65. The van der Waals surface area contributed by atoms with Crippen molar-refractivity contribution >= 4 is 23.2 Å². The minimum absolute atomic E-state index is 0.0991. The monoisotopic (exact) mass is 383 g/mol. The van der Waals surface area contributed by atoms with E-state index in [1.807, 2.05) is 4.90 Å². The number of morpholine rings is 1. The number of hydrogen-bond donors (Lipinski definition) is 2. The third kappa shape index (κ3) is 4.87. The average molecular weight is 384 g/mol. The van der Waals surface area contributed by atoms with Crippen molar-refractivity contribution in [1.82, 2.24) is 4.90 Å². The summed E-state index contributed by atoms with van der Waals surface area (Å²) in [4.78, 5) is 14.4. The standard InChI is InChI=1S/C19H27ClFN3O2/c20-16-13-15(1-2-17(16)21)23-19(6-3-14(22)4-7-19)8-5-18(25)24-9-11-26-12-10-24/h1-2,13-14,23H,3-12,22H2. The highest BCUT2D eigenvalue weighted by atomic mass is 35.5. The topological polar surface area (TPSA) is 67.6 Å². The van der Waals surface area contributed by atoms with Crippen LogP contribution in [0.4, 0.5) is 10.1 Å². The van der Waals surface area contributed by atoms with Crippen LogP contribution >= 0.6 is 11.6 Å². The van der Waals surface area contributed by atoms with Crippen molar-refractivity contribution in [2.45, 2.75) is 50.1 Å². The van der Waals surface area contributed by atoms with E-state index in [1.165, 1.54) is 6.07 Å². The summed E-state index contributed by atoms with van der Waals surface area (Å²) >= 11 is 5.92. The molecule has 0 atom stereocenters. The Balaban J connectivity index is 1.67. The highest BCUT2D eigenvalue weighted by Crippen LogP contribution is 2.36. The molecule has 3 N–H and O–H groups in total. The Kier molecular flexibility index (Phi) is 6.37. The van der Waals surface area contributed by atoms with Gasteiger partial charge in [-0.25, -0.2) is 4.39 Å². The molecule has 2 aliphatic rings. The molecular weight excluding hydrogens is 357 g/mol. The molecule has 0 bridgehead atoms. The van der Waals surface area contributed by atoms with Gasteiger partial charge in [0.15, 0.2) is 0 Å². The normalized spacial score (nSPS) is 26.6. The van der Waals surface area contributed by atoms with E-state index in [2.05, 4.69) is 5.32 Å². The van der Waals surface area contributed by atoms with Crippen molar-refractivity contribution in [2.75, 3.05) is 31.6 Å². The Morgan fingerprint density at radius 3 is 2.69 bits per heavy atom. The van der Waals surface area contributed by atoms with Gasteiger partial charge in [-0.05, 0) is 50.3 Å². The molecule has 0 unspecified atom stereocenters. The zero-order valence-electron chi connectivity index (χ0n) is 15.0. The lowest BCUT2D eigenvalue weighted by Crippen LogP contribution is -2.46. The fourth-order valence-electron chi connectivity index (χ4n) is 3.83. The van der Waals surface area contributed by atoms with E-state index in [0.717, 1.165) is 37.8 Å². The maximum absolute atomic E-state index is 13.4. The molecule has 1 aliphatic carbocycles. The number of nitrogens with two attached hydrogens (primary N) is 1. The predicted octanol–water partition coefficient (Wildman–Crippen LogP) is 3.17. The molecule has 3 rings (SSSR count). The van der Waals surface area contributed by atoms with Crippen LogP contribution in [0, 0.1) is 5.82 Å². The van der Waals surface area contributed by atoms with Crippen LogP contribution in [0.3, 0.4) is 0 Å². The largest absolute Gasteiger partial charge is 0.380 e. The maximum atomic E-state index is 13.4. The van der Waals surface area contributed by atoms with Crippen molar-refractivity contribution in [2.24, 2.45) is 5.73 Å². The minimum atomic E-state index is -0.431. The van der Waals surface area contributed by atoms with Gasteiger partial charge in [-0.3, -0.25) is 4.79 Å². The number of amides is 1. The highest BCUT2D eigenvalue weighted by molar-refractivity contribution is 6.31. The molecule has 1 amide bonds. The zero-order valence-corrected chi connectivity index (χ0v) is 15.7. The van der Waals surface area contributed by atoms with E-state index in [9.17, 15) is 9.18 Å². The van der Waals surface area contributed by atoms with Crippen molar-refractivity contribution in [1.29, 1.82) is 0 Å². The smallest absolute Gasteiger partial charge is 0.222 e. The summed E-state index contributed by atoms with van der Waals surface area (Å²) in [6.45, 7) is 2.55. The number of rotatable bonds is 5. The lowest BCUT2D eigenvalue weighted by molar-refractivity contribution is -0.135. The molecule has 144 valence electrons. The first-order valence-electron chi connectivity index (χ1n) is 9.32. The van der Waals surface area contributed by atoms with Gasteiger partial charge in [-0.2, -0.15) is 0 Å². The molecule has 1 aromatic carbocycles. The predicted molar refractivity (Wildman–Crippen MR) is 101 cm³/mol. The Morgan fingerprint density at radius 2 is 2.04 bits per heavy atom. The Bertz CT molecular complexity index is 629. The summed E-state index contributed by atoms with van der Waals surface area (Å²) in [7, 11) is 0. The molecule has 2 fully saturated rings. The number of anilines is 1. The quantitative estimate of drug-likeness (QED) is 0.819. The van der Waals surface area contributed by atoms with Gasteiger partial charge >= 0.3 is 0 Å². The number of carbonyl (C=O) groups excluding carboxylic acids is 1. The van der Waals surface area contributed by atoms with Crippen molar-refractivity contribution < 1.29 is 13.9 Å². The molecule has 0 radical (unpaired) electrons. The van der Waals surface area contributed by atoms with Gasteiger partial charge in [0.2, 0.25) is 5.91 Å². The SMILES string of the molecule is NC1CCC(CCC(=O)N2CCOCC2)(Nc2ccc(F)c(Cl)c2)CC1. The number of nitrogens with zero attached hydrogens (tertiary/aromatic N) is 1. The first-order valence-corrected chi connectivity index (χ1v) is 9.70. The van der Waals surface area contributed by atoms with Crippen LogP contribution in [-0.4, -0.2) is 48.7 Å². The first kappa shape index (κ1) is 19.4. The van der Waals surface area contributed by atoms with Crippen LogP contribution in [0.1, 0.15) is 38.5 Å². The zero-order chi connectivity index (χ0) is 18.6. The number of hydrogen-bond acceptors (Lipinski definition) is 4. The van der Waals surface area contributed by atoms with Gasteiger partial charge < -0.3 is 20.7 Å². The van der Waals surface area contributed by atoms with E-state index in [0.29, 0.717) is 32.7 Å². The molecule has 1 heterocycles. The first-order chi connectivity index (χ1) is 12.5. The number of benzene rings is 1. The summed E-state index contributed by atoms with van der Waals surface area (Å²) < 4.78 is 18.8. The van der Waals surface area contributed by atoms with Crippen molar-refractivity contribution in [3.63, 3.8) is 0 Å². The van der Waals surface area contributed by atoms with Crippen molar-refractivity contribution in [3.8, 4) is 0 Å². The van der Waals surface area contributed by atoms with Crippen LogP contribution in [0.25, 0.3) is 0 Å². The Morgan fingerprint density at radius 1 is 1.35 bits per heavy atom. The molecule has 7 heteroatoms. The van der Waals surface area contributed by atoms with Gasteiger partial charge in [0.1, 0.15) is 5.82 Å². The number of ether oxygens (including phenoxy) is 1. The molecule has 0 spiro atoms. The van der Waals surface area contributed by atoms with Crippen LogP contribution in [0.2, 0.25) is 5.02 Å². The molecule has 1 saturated heterocycles. The molecule has 26 heavy (non-hydrogen) atoms. The van der Waals surface area contributed by atoms with Crippen LogP contribution in [0.15, 0.2) is 18.2 Å². The second-order valence-electron chi connectivity index (χ2n) is 7.36. The lowest BCUT2D eigenvalue weighted by atomic mass is 9.76. The molecule has 0 aromatic heterocycles. The maximum Gasteiger partial charge on any atom is 0.222 e. The molecular formula is C19H27ClFN3O2. The van der Waals surface area contributed by atoms with Gasteiger partial charge in [-0.1, -0.05) is 11.6 Å². The third-order valence-corrected chi connectivity index (χ3v) is 5.79. The summed E-state index contributed by atoms with van der Waals surface area (Å²) in [6, 6.07) is 4.88. The van der Waals surface area contributed by atoms with E-state index >= 15 is 0 Å². The van der Waals surface area contributed by atoms with Crippen LogP contribution < -0.4 is 11.1 Å². The number of carbonyl (C=O) groups is 1. The fraction of sp³-hybridized carbons (Fsp3) is 0.632. The van der Waals surface area contributed by atoms with Gasteiger partial charge in [-0.15, -0.1) is 0 Å². The van der Waals surface area contributed by atoms with Crippen LogP contribution in [0.5, 0.6) is 0 Å². The van der Waals surface area contributed by atoms with Gasteiger partial charge in [0, 0.05) is 36.8 Å². The number of halogens is 2. The average Bonchev–Trinajstić information content (AvgIpc) is 2.66. The van der Waals surface area contributed by atoms with Crippen LogP contribution in [-0.2, 0) is 9.53 Å². The molecule has 1 aliphatic heterocycles. The number of nitrogens with one attached hydrogen (secondary N) is 1. The second-order valence-corrected chi connectivity index (χ2v) is 7.77. The minimum Gasteiger partial charge on any atom is -0.380 e. The summed E-state index contributed by atoms with van der Waals surface area (Å²) in [5.74, 6) is -0.263. The Labute approximate surface area is 159 Å². The Hall–Kier alpha value is -1.37. The summed E-state index contributed by atoms with van der Waals surface area (Å²) in [5, 5.41) is 3.64. The highest BCUT2D eigenvalue weighted by Gasteiger charge is 2.35. The van der Waals surface area contributed by atoms with E-state index in [-0.39, 0.29) is 22.5 Å². The molecule has 1 saturated carbocycles.